The van der Waals surface area contributed by atoms with Crippen molar-refractivity contribution in [1.29, 1.82) is 0 Å². The second kappa shape index (κ2) is 10.4. The van der Waals surface area contributed by atoms with Gasteiger partial charge < -0.3 is 4.90 Å². The number of rotatable bonds is 7. The molecule has 0 amide bonds. The van der Waals surface area contributed by atoms with Crippen molar-refractivity contribution in [3.63, 3.8) is 0 Å². The third kappa shape index (κ3) is 4.61. The zero-order valence-electron chi connectivity index (χ0n) is 20.6. The molecule has 182 valence electrons. The lowest BCUT2D eigenvalue weighted by Crippen LogP contribution is -2.10. The lowest BCUT2D eigenvalue weighted by atomic mass is 10.0. The van der Waals surface area contributed by atoms with Crippen LogP contribution >= 0.6 is 0 Å². The molecule has 6 rings (SSSR count). The first-order valence-corrected chi connectivity index (χ1v) is 12.4. The number of anilines is 3. The van der Waals surface area contributed by atoms with Crippen LogP contribution < -0.4 is 4.90 Å². The van der Waals surface area contributed by atoms with Gasteiger partial charge in [0.05, 0.1) is 5.69 Å². The zero-order valence-corrected chi connectivity index (χ0v) is 20.6. The Morgan fingerprint density at radius 2 is 1.00 bits per heavy atom. The Bertz CT molecular complexity index is 1610. The van der Waals surface area contributed by atoms with Gasteiger partial charge in [-0.1, -0.05) is 97.1 Å². The Hall–Kier alpha value is -5.29. The molecule has 0 saturated heterocycles. The molecule has 0 spiro atoms. The van der Waals surface area contributed by atoms with E-state index in [2.05, 4.69) is 34.3 Å². The fourth-order valence-electron chi connectivity index (χ4n) is 4.43. The Balaban J connectivity index is 1.40. The number of aromatic nitrogens is 3. The highest BCUT2D eigenvalue weighted by atomic mass is 16.1. The lowest BCUT2D eigenvalue weighted by molar-refractivity contribution is 0.103. The van der Waals surface area contributed by atoms with Gasteiger partial charge in [0.25, 0.3) is 0 Å². The van der Waals surface area contributed by atoms with Gasteiger partial charge in [0, 0.05) is 28.2 Å². The molecule has 6 aromatic rings. The van der Waals surface area contributed by atoms with Crippen LogP contribution in [-0.4, -0.2) is 20.8 Å². The SMILES string of the molecule is O=C(c1ccccc1)c1nn(-c2ccc(N(c3ccccc3)c3ccccc3)cc2)nc1-c1ccccc1. The van der Waals surface area contributed by atoms with Gasteiger partial charge in [-0.05, 0) is 48.5 Å². The van der Waals surface area contributed by atoms with E-state index in [0.717, 1.165) is 28.3 Å². The summed E-state index contributed by atoms with van der Waals surface area (Å²) in [6.07, 6.45) is 0. The van der Waals surface area contributed by atoms with Crippen molar-refractivity contribution in [2.75, 3.05) is 4.90 Å². The van der Waals surface area contributed by atoms with Crippen LogP contribution in [0.4, 0.5) is 17.1 Å². The molecule has 0 bridgehead atoms. The second-order valence-electron chi connectivity index (χ2n) is 8.77. The molecule has 5 aromatic carbocycles. The first-order chi connectivity index (χ1) is 18.8. The number of benzene rings is 5. The number of nitrogens with zero attached hydrogens (tertiary/aromatic N) is 4. The average Bonchev–Trinajstić information content (AvgIpc) is 3.45. The number of ketones is 1. The van der Waals surface area contributed by atoms with Crippen molar-refractivity contribution >= 4 is 22.8 Å². The summed E-state index contributed by atoms with van der Waals surface area (Å²) in [5.74, 6) is -0.161. The molecular formula is C33H24N4O. The van der Waals surface area contributed by atoms with Crippen molar-refractivity contribution in [2.24, 2.45) is 0 Å². The van der Waals surface area contributed by atoms with Gasteiger partial charge in [-0.15, -0.1) is 10.2 Å². The maximum Gasteiger partial charge on any atom is 0.215 e. The Labute approximate surface area is 221 Å². The third-order valence-electron chi connectivity index (χ3n) is 6.28. The van der Waals surface area contributed by atoms with Crippen molar-refractivity contribution in [3.05, 3.63) is 157 Å². The molecule has 0 aliphatic carbocycles. The summed E-state index contributed by atoms with van der Waals surface area (Å²) >= 11 is 0. The summed E-state index contributed by atoms with van der Waals surface area (Å²) in [5.41, 5.74) is 6.18. The average molecular weight is 493 g/mol. The molecule has 1 aromatic heterocycles. The van der Waals surface area contributed by atoms with E-state index >= 15 is 0 Å². The Kier molecular flexibility index (Phi) is 6.31. The van der Waals surface area contributed by atoms with Gasteiger partial charge in [-0.25, -0.2) is 0 Å². The standard InChI is InChI=1S/C33H24N4O/c38-33(26-15-7-2-8-16-26)32-31(25-13-5-1-6-14-25)34-37(35-32)30-23-21-29(22-24-30)36(27-17-9-3-10-18-27)28-19-11-4-12-20-28/h1-24H. The minimum absolute atomic E-state index is 0.161. The van der Waals surface area contributed by atoms with E-state index in [0.29, 0.717) is 17.0 Å². The fraction of sp³-hybridized carbons (Fsp3) is 0. The van der Waals surface area contributed by atoms with Crippen LogP contribution in [-0.2, 0) is 0 Å². The molecular weight excluding hydrogens is 468 g/mol. The maximum absolute atomic E-state index is 13.4. The lowest BCUT2D eigenvalue weighted by Gasteiger charge is -2.25. The van der Waals surface area contributed by atoms with E-state index in [1.54, 1.807) is 12.1 Å². The van der Waals surface area contributed by atoms with Crippen molar-refractivity contribution < 1.29 is 4.79 Å². The zero-order chi connectivity index (χ0) is 25.7. The number of hydrogen-bond donors (Lipinski definition) is 0. The van der Waals surface area contributed by atoms with E-state index in [-0.39, 0.29) is 5.78 Å². The quantitative estimate of drug-likeness (QED) is 0.215. The van der Waals surface area contributed by atoms with Gasteiger partial charge in [0.15, 0.2) is 5.69 Å². The van der Waals surface area contributed by atoms with E-state index in [1.165, 1.54) is 4.80 Å². The Morgan fingerprint density at radius 1 is 0.526 bits per heavy atom. The van der Waals surface area contributed by atoms with E-state index in [1.807, 2.05) is 109 Å². The summed E-state index contributed by atoms with van der Waals surface area (Å²) in [6.45, 7) is 0. The summed E-state index contributed by atoms with van der Waals surface area (Å²) in [6, 6.07) is 47.4. The smallest absolute Gasteiger partial charge is 0.215 e. The van der Waals surface area contributed by atoms with E-state index < -0.39 is 0 Å². The topological polar surface area (TPSA) is 51.0 Å². The summed E-state index contributed by atoms with van der Waals surface area (Å²) < 4.78 is 0. The predicted molar refractivity (Wildman–Crippen MR) is 151 cm³/mol. The molecule has 0 saturated carbocycles. The molecule has 0 aliphatic rings. The minimum Gasteiger partial charge on any atom is -0.311 e. The number of para-hydroxylation sites is 2. The summed E-state index contributed by atoms with van der Waals surface area (Å²) in [4.78, 5) is 17.2. The highest BCUT2D eigenvalue weighted by Gasteiger charge is 2.22. The molecule has 38 heavy (non-hydrogen) atoms. The number of carbonyl (C=O) groups is 1. The van der Waals surface area contributed by atoms with Crippen molar-refractivity contribution in [2.45, 2.75) is 0 Å². The highest BCUT2D eigenvalue weighted by Crippen LogP contribution is 2.34. The molecule has 1 heterocycles. The van der Waals surface area contributed by atoms with Crippen molar-refractivity contribution in [1.82, 2.24) is 15.0 Å². The molecule has 0 atom stereocenters. The molecule has 5 heteroatoms. The Morgan fingerprint density at radius 3 is 1.55 bits per heavy atom. The van der Waals surface area contributed by atoms with E-state index in [9.17, 15) is 4.79 Å². The molecule has 5 nitrogen and oxygen atoms in total. The van der Waals surface area contributed by atoms with Crippen LogP contribution in [0.2, 0.25) is 0 Å². The molecule has 0 N–H and O–H groups in total. The number of hydrogen-bond acceptors (Lipinski definition) is 4. The number of carbonyl (C=O) groups excluding carboxylic acids is 1. The molecule has 0 radical (unpaired) electrons. The van der Waals surface area contributed by atoms with Gasteiger partial charge in [-0.2, -0.15) is 4.80 Å². The third-order valence-corrected chi connectivity index (χ3v) is 6.28. The highest BCUT2D eigenvalue weighted by molar-refractivity contribution is 6.10. The van der Waals surface area contributed by atoms with Crippen molar-refractivity contribution in [3.8, 4) is 16.9 Å². The molecule has 0 unspecified atom stereocenters. The van der Waals surface area contributed by atoms with Gasteiger partial charge in [0.1, 0.15) is 5.69 Å². The van der Waals surface area contributed by atoms with Crippen LogP contribution in [0.25, 0.3) is 16.9 Å². The molecule has 0 fully saturated rings. The van der Waals surface area contributed by atoms with Crippen LogP contribution in [0.15, 0.2) is 146 Å². The first-order valence-electron chi connectivity index (χ1n) is 12.4. The normalized spacial score (nSPS) is 10.7. The molecule has 0 aliphatic heterocycles. The second-order valence-corrected chi connectivity index (χ2v) is 8.77. The van der Waals surface area contributed by atoms with Gasteiger partial charge >= 0.3 is 0 Å². The van der Waals surface area contributed by atoms with Gasteiger partial charge in [-0.3, -0.25) is 4.79 Å². The fourth-order valence-corrected chi connectivity index (χ4v) is 4.43. The van der Waals surface area contributed by atoms with Crippen LogP contribution in [0.3, 0.4) is 0 Å². The predicted octanol–water partition coefficient (Wildman–Crippen LogP) is 7.64. The largest absolute Gasteiger partial charge is 0.311 e. The minimum atomic E-state index is -0.161. The van der Waals surface area contributed by atoms with Crippen LogP contribution in [0, 0.1) is 0 Å². The van der Waals surface area contributed by atoms with Gasteiger partial charge in [0.2, 0.25) is 5.78 Å². The van der Waals surface area contributed by atoms with E-state index in [4.69, 9.17) is 5.10 Å². The van der Waals surface area contributed by atoms with Crippen LogP contribution in [0.1, 0.15) is 16.1 Å². The first kappa shape index (κ1) is 23.1. The van der Waals surface area contributed by atoms with Crippen LogP contribution in [0.5, 0.6) is 0 Å². The maximum atomic E-state index is 13.4. The monoisotopic (exact) mass is 492 g/mol. The summed E-state index contributed by atoms with van der Waals surface area (Å²) in [5, 5.41) is 9.43. The summed E-state index contributed by atoms with van der Waals surface area (Å²) in [7, 11) is 0.